The van der Waals surface area contributed by atoms with Crippen LogP contribution in [0.15, 0.2) is 24.3 Å². The van der Waals surface area contributed by atoms with Gasteiger partial charge in [0.05, 0.1) is 6.04 Å². The average molecular weight is 241 g/mol. The first kappa shape index (κ1) is 12.9. The number of aryl methyl sites for hydroxylation is 1. The minimum atomic E-state index is -0.139. The highest BCUT2D eigenvalue weighted by Gasteiger charge is 2.27. The van der Waals surface area contributed by atoms with Crippen molar-refractivity contribution >= 4 is 5.78 Å². The highest BCUT2D eigenvalue weighted by atomic mass is 16.1. The van der Waals surface area contributed by atoms with Gasteiger partial charge in [-0.1, -0.05) is 29.8 Å². The third-order valence-electron chi connectivity index (χ3n) is 3.53. The number of ketones is 1. The van der Waals surface area contributed by atoms with Crippen molar-refractivity contribution in [3.63, 3.8) is 0 Å². The van der Waals surface area contributed by atoms with Crippen molar-refractivity contribution in [3.8, 4) is 12.3 Å². The van der Waals surface area contributed by atoms with Crippen LogP contribution in [0.25, 0.3) is 0 Å². The molecule has 0 radical (unpaired) electrons. The fourth-order valence-electron chi connectivity index (χ4n) is 2.46. The number of terminal acetylenes is 1. The summed E-state index contributed by atoms with van der Waals surface area (Å²) in [5, 5.41) is 0. The Balaban J connectivity index is 2.17. The van der Waals surface area contributed by atoms with Crippen LogP contribution in [0.2, 0.25) is 0 Å². The molecule has 2 nitrogen and oxygen atoms in total. The van der Waals surface area contributed by atoms with Crippen LogP contribution < -0.4 is 0 Å². The second-order valence-corrected chi connectivity index (χ2v) is 4.90. The normalized spacial score (nSPS) is 17.3. The van der Waals surface area contributed by atoms with Crippen LogP contribution in [0.4, 0.5) is 0 Å². The van der Waals surface area contributed by atoms with Gasteiger partial charge in [-0.15, -0.1) is 12.3 Å². The summed E-state index contributed by atoms with van der Waals surface area (Å²) >= 11 is 0. The molecular formula is C16H19NO. The van der Waals surface area contributed by atoms with Gasteiger partial charge in [0.25, 0.3) is 0 Å². The van der Waals surface area contributed by atoms with Gasteiger partial charge in [-0.05, 0) is 32.9 Å². The quantitative estimate of drug-likeness (QED) is 0.596. The van der Waals surface area contributed by atoms with Crippen molar-refractivity contribution in [2.45, 2.75) is 32.2 Å². The molecule has 2 heteroatoms. The van der Waals surface area contributed by atoms with E-state index in [1.165, 1.54) is 18.4 Å². The number of benzene rings is 1. The minimum Gasteiger partial charge on any atom is -0.292 e. The number of rotatable bonds is 4. The van der Waals surface area contributed by atoms with Gasteiger partial charge in [0.1, 0.15) is 0 Å². The lowest BCUT2D eigenvalue weighted by molar-refractivity contribution is 0.0853. The smallest absolute Gasteiger partial charge is 0.180 e. The molecule has 0 bridgehead atoms. The monoisotopic (exact) mass is 241 g/mol. The second-order valence-electron chi connectivity index (χ2n) is 4.90. The van der Waals surface area contributed by atoms with Crippen molar-refractivity contribution in [2.75, 3.05) is 13.1 Å². The van der Waals surface area contributed by atoms with E-state index in [4.69, 9.17) is 6.42 Å². The van der Waals surface area contributed by atoms with E-state index in [2.05, 4.69) is 10.8 Å². The van der Waals surface area contributed by atoms with Crippen molar-refractivity contribution in [2.24, 2.45) is 0 Å². The third-order valence-corrected chi connectivity index (χ3v) is 3.53. The summed E-state index contributed by atoms with van der Waals surface area (Å²) in [6.07, 6.45) is 8.25. The van der Waals surface area contributed by atoms with Crippen LogP contribution >= 0.6 is 0 Å². The Kier molecular flexibility index (Phi) is 4.17. The largest absolute Gasteiger partial charge is 0.292 e. The Labute approximate surface area is 109 Å². The highest BCUT2D eigenvalue weighted by molar-refractivity contribution is 6.00. The summed E-state index contributed by atoms with van der Waals surface area (Å²) in [4.78, 5) is 14.7. The molecular weight excluding hydrogens is 222 g/mol. The first-order valence-corrected chi connectivity index (χ1v) is 6.51. The van der Waals surface area contributed by atoms with E-state index in [1.54, 1.807) is 0 Å². The number of likely N-dealkylation sites (tertiary alicyclic amines) is 1. The lowest BCUT2D eigenvalue weighted by atomic mass is 10.00. The molecule has 2 rings (SSSR count). The molecule has 0 saturated carbocycles. The first-order valence-electron chi connectivity index (χ1n) is 6.51. The molecule has 1 heterocycles. The number of nitrogens with zero attached hydrogens (tertiary/aromatic N) is 1. The molecule has 0 spiro atoms. The zero-order valence-electron chi connectivity index (χ0n) is 10.9. The number of Topliss-reactive ketones (excluding diaryl/α,β-unsaturated/α-hetero) is 1. The SMILES string of the molecule is C#CCC(C(=O)c1ccc(C)cc1)N1CCCC1. The summed E-state index contributed by atoms with van der Waals surface area (Å²) < 4.78 is 0. The van der Waals surface area contributed by atoms with Crippen molar-refractivity contribution in [1.82, 2.24) is 4.90 Å². The van der Waals surface area contributed by atoms with Crippen molar-refractivity contribution in [3.05, 3.63) is 35.4 Å². The van der Waals surface area contributed by atoms with E-state index < -0.39 is 0 Å². The second kappa shape index (κ2) is 5.84. The molecule has 0 aromatic heterocycles. The molecule has 1 unspecified atom stereocenters. The molecule has 1 aromatic carbocycles. The van der Waals surface area contributed by atoms with Gasteiger partial charge in [0.15, 0.2) is 5.78 Å². The molecule has 18 heavy (non-hydrogen) atoms. The number of hydrogen-bond acceptors (Lipinski definition) is 2. The molecule has 1 aliphatic heterocycles. The maximum atomic E-state index is 12.5. The van der Waals surface area contributed by atoms with Gasteiger partial charge in [-0.2, -0.15) is 0 Å². The van der Waals surface area contributed by atoms with Crippen LogP contribution in [0, 0.1) is 19.3 Å². The Morgan fingerprint density at radius 1 is 1.33 bits per heavy atom. The van der Waals surface area contributed by atoms with E-state index in [1.807, 2.05) is 31.2 Å². The summed E-state index contributed by atoms with van der Waals surface area (Å²) in [6, 6.07) is 7.61. The van der Waals surface area contributed by atoms with Crippen molar-refractivity contribution in [1.29, 1.82) is 0 Å². The van der Waals surface area contributed by atoms with Gasteiger partial charge < -0.3 is 0 Å². The molecule has 1 atom stereocenters. The summed E-state index contributed by atoms with van der Waals surface area (Å²) in [5.41, 5.74) is 1.94. The van der Waals surface area contributed by atoms with Crippen LogP contribution in [0.5, 0.6) is 0 Å². The predicted octanol–water partition coefficient (Wildman–Crippen LogP) is 2.67. The Morgan fingerprint density at radius 2 is 1.94 bits per heavy atom. The van der Waals surface area contributed by atoms with Gasteiger partial charge in [0, 0.05) is 12.0 Å². The van der Waals surface area contributed by atoms with E-state index in [-0.39, 0.29) is 11.8 Å². The third kappa shape index (κ3) is 2.80. The van der Waals surface area contributed by atoms with E-state index in [9.17, 15) is 4.79 Å². The highest BCUT2D eigenvalue weighted by Crippen LogP contribution is 2.18. The Bertz CT molecular complexity index is 449. The van der Waals surface area contributed by atoms with Crippen LogP contribution in [0.1, 0.15) is 35.2 Å². The lowest BCUT2D eigenvalue weighted by Crippen LogP contribution is -2.39. The zero-order valence-corrected chi connectivity index (χ0v) is 10.9. The molecule has 0 amide bonds. The van der Waals surface area contributed by atoms with E-state index >= 15 is 0 Å². The van der Waals surface area contributed by atoms with Gasteiger partial charge >= 0.3 is 0 Å². The molecule has 0 aliphatic carbocycles. The Morgan fingerprint density at radius 3 is 2.50 bits per heavy atom. The van der Waals surface area contributed by atoms with E-state index in [0.29, 0.717) is 6.42 Å². The average Bonchev–Trinajstić information content (AvgIpc) is 2.90. The van der Waals surface area contributed by atoms with Crippen LogP contribution in [0.3, 0.4) is 0 Å². The molecule has 1 aromatic rings. The maximum absolute atomic E-state index is 12.5. The number of carbonyl (C=O) groups is 1. The van der Waals surface area contributed by atoms with Crippen LogP contribution in [-0.4, -0.2) is 29.8 Å². The Hall–Kier alpha value is -1.59. The standard InChI is InChI=1S/C16H19NO/c1-3-6-15(17-11-4-5-12-17)16(18)14-9-7-13(2)8-10-14/h1,7-10,15H,4-6,11-12H2,2H3. The minimum absolute atomic E-state index is 0.139. The summed E-state index contributed by atoms with van der Waals surface area (Å²) in [6.45, 7) is 4.00. The number of carbonyl (C=O) groups excluding carboxylic acids is 1. The summed E-state index contributed by atoms with van der Waals surface area (Å²) in [5.74, 6) is 2.81. The fourth-order valence-corrected chi connectivity index (χ4v) is 2.46. The molecule has 1 aliphatic rings. The van der Waals surface area contributed by atoms with E-state index in [0.717, 1.165) is 18.7 Å². The fraction of sp³-hybridized carbons (Fsp3) is 0.438. The van der Waals surface area contributed by atoms with Gasteiger partial charge in [0.2, 0.25) is 0 Å². The summed E-state index contributed by atoms with van der Waals surface area (Å²) in [7, 11) is 0. The topological polar surface area (TPSA) is 20.3 Å². The predicted molar refractivity (Wildman–Crippen MR) is 73.6 cm³/mol. The zero-order chi connectivity index (χ0) is 13.0. The molecule has 1 saturated heterocycles. The van der Waals surface area contributed by atoms with Crippen LogP contribution in [-0.2, 0) is 0 Å². The van der Waals surface area contributed by atoms with Crippen molar-refractivity contribution < 1.29 is 4.79 Å². The molecule has 1 fully saturated rings. The van der Waals surface area contributed by atoms with Gasteiger partial charge in [-0.25, -0.2) is 0 Å². The van der Waals surface area contributed by atoms with Gasteiger partial charge in [-0.3, -0.25) is 9.69 Å². The molecule has 0 N–H and O–H groups in total. The lowest BCUT2D eigenvalue weighted by Gasteiger charge is -2.24. The maximum Gasteiger partial charge on any atom is 0.180 e. The molecule has 94 valence electrons. The first-order chi connectivity index (χ1) is 8.72. The number of hydrogen-bond donors (Lipinski definition) is 0.